The first kappa shape index (κ1) is 16.8. The maximum Gasteiger partial charge on any atom is 0.241 e. The molecule has 128 valence electrons. The minimum Gasteiger partial charge on any atom is -0.486 e. The summed E-state index contributed by atoms with van der Waals surface area (Å²) in [7, 11) is -3.65. The Morgan fingerprint density at radius 2 is 1.71 bits per heavy atom. The second kappa shape index (κ2) is 6.83. The van der Waals surface area contributed by atoms with Crippen LogP contribution in [-0.4, -0.2) is 21.6 Å². The first-order valence-electron chi connectivity index (χ1n) is 7.98. The fourth-order valence-corrected chi connectivity index (χ4v) is 3.95. The Labute approximate surface area is 142 Å². The van der Waals surface area contributed by atoms with E-state index >= 15 is 0 Å². The second-order valence-corrected chi connectivity index (χ2v) is 7.51. The molecule has 1 aliphatic rings. The van der Waals surface area contributed by atoms with Gasteiger partial charge in [0.2, 0.25) is 10.0 Å². The van der Waals surface area contributed by atoms with Crippen LogP contribution in [0.5, 0.6) is 11.5 Å². The summed E-state index contributed by atoms with van der Waals surface area (Å²) in [5, 5.41) is 0. The van der Waals surface area contributed by atoms with Gasteiger partial charge in [-0.1, -0.05) is 36.8 Å². The molecular formula is C18H21NO4S. The van der Waals surface area contributed by atoms with E-state index in [0.717, 1.165) is 11.1 Å². The van der Waals surface area contributed by atoms with Crippen molar-refractivity contribution < 1.29 is 17.9 Å². The van der Waals surface area contributed by atoms with Gasteiger partial charge in [-0.25, -0.2) is 13.1 Å². The molecule has 2 aromatic carbocycles. The maximum absolute atomic E-state index is 12.7. The standard InChI is InChI=1S/C18H21NO4S/c1-3-16(14-6-4-13(2)5-7-14)19-24(20,21)15-8-9-17-18(12-15)23-11-10-22-17/h4-9,12,16,19H,3,10-11H2,1-2H3/t16-/m1/s1. The van der Waals surface area contributed by atoms with Crippen molar-refractivity contribution in [2.45, 2.75) is 31.2 Å². The third kappa shape index (κ3) is 3.55. The van der Waals surface area contributed by atoms with E-state index in [1.54, 1.807) is 6.07 Å². The van der Waals surface area contributed by atoms with E-state index in [0.29, 0.717) is 31.1 Å². The number of benzene rings is 2. The summed E-state index contributed by atoms with van der Waals surface area (Å²) in [6, 6.07) is 12.3. The van der Waals surface area contributed by atoms with Crippen LogP contribution in [0.3, 0.4) is 0 Å². The molecule has 0 fully saturated rings. The number of nitrogens with one attached hydrogen (secondary N) is 1. The summed E-state index contributed by atoms with van der Waals surface area (Å²) < 4.78 is 39.1. The number of hydrogen-bond donors (Lipinski definition) is 1. The Hall–Kier alpha value is -2.05. The van der Waals surface area contributed by atoms with Gasteiger partial charge in [0.1, 0.15) is 13.2 Å². The fourth-order valence-electron chi connectivity index (χ4n) is 2.63. The van der Waals surface area contributed by atoms with Gasteiger partial charge in [-0.2, -0.15) is 0 Å². The lowest BCUT2D eigenvalue weighted by atomic mass is 10.0. The number of aryl methyl sites for hydroxylation is 1. The zero-order valence-corrected chi connectivity index (χ0v) is 14.6. The highest BCUT2D eigenvalue weighted by Crippen LogP contribution is 2.32. The summed E-state index contributed by atoms with van der Waals surface area (Å²) in [5.74, 6) is 1.04. The van der Waals surface area contributed by atoms with Crippen LogP contribution in [0.4, 0.5) is 0 Å². The highest BCUT2D eigenvalue weighted by molar-refractivity contribution is 7.89. The minimum absolute atomic E-state index is 0.178. The van der Waals surface area contributed by atoms with E-state index in [1.807, 2.05) is 38.1 Å². The average molecular weight is 347 g/mol. The van der Waals surface area contributed by atoms with Gasteiger partial charge in [0.05, 0.1) is 4.90 Å². The first-order valence-corrected chi connectivity index (χ1v) is 9.46. The van der Waals surface area contributed by atoms with Crippen LogP contribution in [0.15, 0.2) is 47.4 Å². The van der Waals surface area contributed by atoms with Crippen molar-refractivity contribution in [3.05, 3.63) is 53.6 Å². The first-order chi connectivity index (χ1) is 11.5. The maximum atomic E-state index is 12.7. The number of rotatable bonds is 5. The van der Waals surface area contributed by atoms with Gasteiger partial charge in [0.15, 0.2) is 11.5 Å². The van der Waals surface area contributed by atoms with Crippen LogP contribution >= 0.6 is 0 Å². The quantitative estimate of drug-likeness (QED) is 0.902. The van der Waals surface area contributed by atoms with Crippen LogP contribution < -0.4 is 14.2 Å². The Kier molecular flexibility index (Phi) is 4.78. The predicted molar refractivity (Wildman–Crippen MR) is 92.0 cm³/mol. The molecule has 0 spiro atoms. The normalized spacial score (nSPS) is 15.1. The molecule has 1 atom stereocenters. The van der Waals surface area contributed by atoms with Crippen LogP contribution in [0.25, 0.3) is 0 Å². The minimum atomic E-state index is -3.65. The third-order valence-electron chi connectivity index (χ3n) is 4.01. The molecule has 1 heterocycles. The summed E-state index contributed by atoms with van der Waals surface area (Å²) in [6.07, 6.45) is 0.660. The van der Waals surface area contributed by atoms with Gasteiger partial charge in [-0.05, 0) is 31.0 Å². The lowest BCUT2D eigenvalue weighted by Gasteiger charge is -2.21. The number of hydrogen-bond acceptors (Lipinski definition) is 4. The van der Waals surface area contributed by atoms with E-state index < -0.39 is 10.0 Å². The molecule has 0 radical (unpaired) electrons. The van der Waals surface area contributed by atoms with Crippen molar-refractivity contribution in [3.63, 3.8) is 0 Å². The molecular weight excluding hydrogens is 326 g/mol. The molecule has 0 saturated carbocycles. The van der Waals surface area contributed by atoms with Gasteiger partial charge >= 0.3 is 0 Å². The van der Waals surface area contributed by atoms with Crippen LogP contribution in [0.2, 0.25) is 0 Å². The van der Waals surface area contributed by atoms with Crippen molar-refractivity contribution in [3.8, 4) is 11.5 Å². The summed E-state index contributed by atoms with van der Waals surface area (Å²) >= 11 is 0. The van der Waals surface area contributed by atoms with E-state index in [2.05, 4.69) is 4.72 Å². The smallest absolute Gasteiger partial charge is 0.241 e. The summed E-state index contributed by atoms with van der Waals surface area (Å²) in [5.41, 5.74) is 2.09. The lowest BCUT2D eigenvalue weighted by molar-refractivity contribution is 0.171. The third-order valence-corrected chi connectivity index (χ3v) is 5.48. The van der Waals surface area contributed by atoms with Crippen molar-refractivity contribution in [2.75, 3.05) is 13.2 Å². The van der Waals surface area contributed by atoms with E-state index in [1.165, 1.54) is 12.1 Å². The molecule has 0 bridgehead atoms. The van der Waals surface area contributed by atoms with E-state index in [4.69, 9.17) is 9.47 Å². The number of fused-ring (bicyclic) bond motifs is 1. The Morgan fingerprint density at radius 1 is 1.04 bits per heavy atom. The molecule has 3 rings (SSSR count). The molecule has 0 unspecified atom stereocenters. The summed E-state index contributed by atoms with van der Waals surface area (Å²) in [6.45, 7) is 4.86. The molecule has 5 nitrogen and oxygen atoms in total. The highest BCUT2D eigenvalue weighted by atomic mass is 32.2. The number of ether oxygens (including phenoxy) is 2. The van der Waals surface area contributed by atoms with Gasteiger partial charge in [-0.15, -0.1) is 0 Å². The largest absolute Gasteiger partial charge is 0.486 e. The van der Waals surface area contributed by atoms with Crippen LogP contribution in [0.1, 0.15) is 30.5 Å². The van der Waals surface area contributed by atoms with Gasteiger partial charge in [0, 0.05) is 12.1 Å². The van der Waals surface area contributed by atoms with Crippen molar-refractivity contribution in [1.29, 1.82) is 0 Å². The molecule has 2 aromatic rings. The Bertz CT molecular complexity index is 815. The van der Waals surface area contributed by atoms with Crippen molar-refractivity contribution in [1.82, 2.24) is 4.72 Å². The van der Waals surface area contributed by atoms with Crippen molar-refractivity contribution in [2.24, 2.45) is 0 Å². The van der Waals surface area contributed by atoms with Crippen LogP contribution in [0, 0.1) is 6.92 Å². The van der Waals surface area contributed by atoms with Gasteiger partial charge in [0.25, 0.3) is 0 Å². The molecule has 0 aliphatic carbocycles. The predicted octanol–water partition coefficient (Wildman–Crippen LogP) is 3.20. The molecule has 1 aliphatic heterocycles. The van der Waals surface area contributed by atoms with Gasteiger partial charge < -0.3 is 9.47 Å². The lowest BCUT2D eigenvalue weighted by Crippen LogP contribution is -2.28. The Morgan fingerprint density at radius 3 is 2.38 bits per heavy atom. The average Bonchev–Trinajstić information content (AvgIpc) is 2.60. The SMILES string of the molecule is CC[C@@H](NS(=O)(=O)c1ccc2c(c1)OCCO2)c1ccc(C)cc1. The zero-order chi connectivity index (χ0) is 17.2. The van der Waals surface area contributed by atoms with Crippen LogP contribution in [-0.2, 0) is 10.0 Å². The zero-order valence-electron chi connectivity index (χ0n) is 13.8. The highest BCUT2D eigenvalue weighted by Gasteiger charge is 2.23. The van der Waals surface area contributed by atoms with E-state index in [9.17, 15) is 8.42 Å². The monoisotopic (exact) mass is 347 g/mol. The molecule has 0 amide bonds. The second-order valence-electron chi connectivity index (χ2n) is 5.80. The summed E-state index contributed by atoms with van der Waals surface area (Å²) in [4.78, 5) is 0.178. The Balaban J connectivity index is 1.85. The molecule has 0 saturated heterocycles. The molecule has 0 aromatic heterocycles. The van der Waals surface area contributed by atoms with Gasteiger partial charge in [-0.3, -0.25) is 0 Å². The fraction of sp³-hybridized carbons (Fsp3) is 0.333. The molecule has 24 heavy (non-hydrogen) atoms. The topological polar surface area (TPSA) is 64.6 Å². The number of sulfonamides is 1. The van der Waals surface area contributed by atoms with Crippen molar-refractivity contribution >= 4 is 10.0 Å². The molecule has 1 N–H and O–H groups in total. The molecule has 6 heteroatoms. The van der Waals surface area contributed by atoms with E-state index in [-0.39, 0.29) is 10.9 Å².